The van der Waals surface area contributed by atoms with Crippen molar-refractivity contribution in [3.8, 4) is 0 Å². The molecule has 1 aliphatic heterocycles. The molecule has 1 atom stereocenters. The van der Waals surface area contributed by atoms with Gasteiger partial charge in [-0.3, -0.25) is 4.84 Å². The van der Waals surface area contributed by atoms with E-state index in [0.29, 0.717) is 13.2 Å². The predicted octanol–water partition coefficient (Wildman–Crippen LogP) is 5.90. The second kappa shape index (κ2) is 9.39. The quantitative estimate of drug-likeness (QED) is 0.493. The highest BCUT2D eigenvalue weighted by Crippen LogP contribution is 2.40. The molecule has 5 heteroatoms. The molecule has 0 saturated heterocycles. The molecule has 0 spiro atoms. The van der Waals surface area contributed by atoms with Crippen molar-refractivity contribution in [2.75, 3.05) is 0 Å². The van der Waals surface area contributed by atoms with Crippen molar-refractivity contribution in [2.45, 2.75) is 37.8 Å². The van der Waals surface area contributed by atoms with Crippen LogP contribution in [0.2, 0.25) is 0 Å². The van der Waals surface area contributed by atoms with E-state index in [-0.39, 0.29) is 0 Å². The highest BCUT2D eigenvalue weighted by atomic mass is 32.2. The van der Waals surface area contributed by atoms with Gasteiger partial charge in [-0.15, -0.1) is 0 Å². The molecule has 0 radical (unpaired) electrons. The van der Waals surface area contributed by atoms with Crippen molar-refractivity contribution in [1.29, 1.82) is 0 Å². The van der Waals surface area contributed by atoms with E-state index in [4.69, 9.17) is 9.57 Å². The van der Waals surface area contributed by atoms with E-state index >= 15 is 0 Å². The summed E-state index contributed by atoms with van der Waals surface area (Å²) in [7, 11) is 0. The first-order valence-electron chi connectivity index (χ1n) is 10.0. The fraction of sp³-hybridized carbons (Fsp3) is 0.200. The molecule has 0 aromatic heterocycles. The number of hydroxylamine groups is 2. The minimum absolute atomic E-state index is 0.457. The van der Waals surface area contributed by atoms with E-state index < -0.39 is 5.85 Å². The van der Waals surface area contributed by atoms with E-state index in [2.05, 4.69) is 48.6 Å². The normalized spacial score (nSPS) is 18.5. The highest BCUT2D eigenvalue weighted by molar-refractivity contribution is 8.03. The fourth-order valence-corrected chi connectivity index (χ4v) is 4.33. The summed E-state index contributed by atoms with van der Waals surface area (Å²) in [6, 6.07) is 30.7. The Balaban J connectivity index is 1.55. The van der Waals surface area contributed by atoms with E-state index in [9.17, 15) is 0 Å². The first-order chi connectivity index (χ1) is 14.6. The summed E-state index contributed by atoms with van der Waals surface area (Å²) in [5.74, 6) is -0.814. The highest BCUT2D eigenvalue weighted by Gasteiger charge is 2.43. The predicted molar refractivity (Wildman–Crippen MR) is 121 cm³/mol. The largest absolute Gasteiger partial charge is 0.340 e. The maximum Gasteiger partial charge on any atom is 0.240 e. The van der Waals surface area contributed by atoms with Crippen LogP contribution in [0.15, 0.2) is 107 Å². The molecule has 0 bridgehead atoms. The lowest BCUT2D eigenvalue weighted by Crippen LogP contribution is -2.51. The molecule has 30 heavy (non-hydrogen) atoms. The molecule has 4 rings (SSSR count). The third kappa shape index (κ3) is 4.87. The zero-order chi connectivity index (χ0) is 20.8. The van der Waals surface area contributed by atoms with Gasteiger partial charge in [-0.1, -0.05) is 90.6 Å². The minimum Gasteiger partial charge on any atom is -0.340 e. The van der Waals surface area contributed by atoms with E-state index in [0.717, 1.165) is 26.7 Å². The second-order valence-electron chi connectivity index (χ2n) is 7.28. The lowest BCUT2D eigenvalue weighted by molar-refractivity contribution is -0.287. The Morgan fingerprint density at radius 2 is 1.33 bits per heavy atom. The maximum absolute atomic E-state index is 6.35. The Labute approximate surface area is 182 Å². The minimum atomic E-state index is -0.814. The Bertz CT molecular complexity index is 980. The summed E-state index contributed by atoms with van der Waals surface area (Å²) in [6.45, 7) is 5.00. The average molecular weight is 419 g/mol. The molecule has 1 heterocycles. The number of hydrogen-bond donors (Lipinski definition) is 1. The molecule has 0 fully saturated rings. The van der Waals surface area contributed by atoms with Crippen molar-refractivity contribution in [1.82, 2.24) is 10.4 Å². The summed E-state index contributed by atoms with van der Waals surface area (Å²) in [4.78, 5) is 7.46. The van der Waals surface area contributed by atoms with Crippen LogP contribution in [-0.4, -0.2) is 10.9 Å². The van der Waals surface area contributed by atoms with Gasteiger partial charge < -0.3 is 10.1 Å². The van der Waals surface area contributed by atoms with Crippen LogP contribution in [0.4, 0.5) is 0 Å². The average Bonchev–Trinajstić information content (AvgIpc) is 3.02. The zero-order valence-corrected chi connectivity index (χ0v) is 18.1. The van der Waals surface area contributed by atoms with Crippen molar-refractivity contribution in [2.24, 2.45) is 0 Å². The van der Waals surface area contributed by atoms with Crippen LogP contribution >= 0.6 is 11.8 Å². The summed E-state index contributed by atoms with van der Waals surface area (Å²) in [5.41, 5.74) is 3.24. The number of benzene rings is 3. The van der Waals surface area contributed by atoms with Gasteiger partial charge in [0.1, 0.15) is 11.6 Å². The van der Waals surface area contributed by atoms with Crippen molar-refractivity contribution >= 4 is 11.8 Å². The van der Waals surface area contributed by atoms with Gasteiger partial charge >= 0.3 is 0 Å². The molecule has 1 N–H and O–H groups in total. The first kappa shape index (κ1) is 20.5. The molecule has 4 nitrogen and oxygen atoms in total. The Morgan fingerprint density at radius 3 is 1.93 bits per heavy atom. The van der Waals surface area contributed by atoms with Gasteiger partial charge in [0.05, 0.1) is 6.61 Å². The molecule has 154 valence electrons. The van der Waals surface area contributed by atoms with Gasteiger partial charge in [-0.2, -0.15) is 5.06 Å². The van der Waals surface area contributed by atoms with Gasteiger partial charge in [0, 0.05) is 17.5 Å². The van der Waals surface area contributed by atoms with Crippen molar-refractivity contribution in [3.63, 3.8) is 0 Å². The van der Waals surface area contributed by atoms with Crippen LogP contribution in [0.3, 0.4) is 0 Å². The van der Waals surface area contributed by atoms with E-state index in [1.807, 2.05) is 66.6 Å². The molecule has 3 aromatic carbocycles. The second-order valence-corrected chi connectivity index (χ2v) is 8.34. The Hall–Kier alpha value is -2.73. The number of nitrogens with zero attached hydrogens (tertiary/aromatic N) is 1. The van der Waals surface area contributed by atoms with E-state index in [1.54, 1.807) is 11.8 Å². The first-order valence-corrected chi connectivity index (χ1v) is 10.8. The third-order valence-electron chi connectivity index (χ3n) is 4.84. The SMILES string of the molecule is CC1=C(Sc2ccccc2)N(OCc2ccccc2)C(C)(OCc2ccccc2)N1. The number of hydrogen-bond acceptors (Lipinski definition) is 5. The summed E-state index contributed by atoms with van der Waals surface area (Å²) in [6.07, 6.45) is 0. The van der Waals surface area contributed by atoms with Crippen LogP contribution < -0.4 is 5.32 Å². The summed E-state index contributed by atoms with van der Waals surface area (Å²) in [5, 5.41) is 6.36. The van der Waals surface area contributed by atoms with Crippen LogP contribution in [0.5, 0.6) is 0 Å². The summed E-state index contributed by atoms with van der Waals surface area (Å²) >= 11 is 1.66. The fourth-order valence-electron chi connectivity index (χ4n) is 3.30. The lowest BCUT2D eigenvalue weighted by Gasteiger charge is -2.36. The third-order valence-corrected chi connectivity index (χ3v) is 6.01. The number of allylic oxidation sites excluding steroid dienone is 1. The molecule has 0 saturated carbocycles. The lowest BCUT2D eigenvalue weighted by atomic mass is 10.2. The van der Waals surface area contributed by atoms with Crippen LogP contribution in [-0.2, 0) is 22.8 Å². The molecule has 0 aliphatic carbocycles. The number of nitrogens with one attached hydrogen (secondary N) is 1. The zero-order valence-electron chi connectivity index (χ0n) is 17.2. The van der Waals surface area contributed by atoms with Crippen LogP contribution in [0.25, 0.3) is 0 Å². The van der Waals surface area contributed by atoms with Crippen molar-refractivity contribution < 1.29 is 9.57 Å². The van der Waals surface area contributed by atoms with Crippen molar-refractivity contribution in [3.05, 3.63) is 113 Å². The smallest absolute Gasteiger partial charge is 0.240 e. The molecule has 1 aliphatic rings. The van der Waals surface area contributed by atoms with Gasteiger partial charge in [-0.05, 0) is 30.2 Å². The number of ether oxygens (including phenoxy) is 1. The summed E-state index contributed by atoms with van der Waals surface area (Å²) < 4.78 is 6.35. The standard InChI is InChI=1S/C25H26N2O2S/c1-20-24(30-23-16-10-5-11-17-23)27(29-19-22-14-8-4-9-15-22)25(2,26-20)28-18-21-12-6-3-7-13-21/h3-17,26H,18-19H2,1-2H3. The number of rotatable bonds is 8. The molecular weight excluding hydrogens is 392 g/mol. The van der Waals surface area contributed by atoms with Crippen LogP contribution in [0.1, 0.15) is 25.0 Å². The Kier molecular flexibility index (Phi) is 6.43. The Morgan fingerprint density at radius 1 is 0.800 bits per heavy atom. The number of thioether (sulfide) groups is 1. The monoisotopic (exact) mass is 418 g/mol. The van der Waals surface area contributed by atoms with E-state index in [1.165, 1.54) is 0 Å². The van der Waals surface area contributed by atoms with Crippen LogP contribution in [0, 0.1) is 0 Å². The topological polar surface area (TPSA) is 33.7 Å². The molecule has 3 aromatic rings. The molecule has 1 unspecified atom stereocenters. The van der Waals surface area contributed by atoms with Gasteiger partial charge in [-0.25, -0.2) is 0 Å². The molecule has 0 amide bonds. The maximum atomic E-state index is 6.35. The molecular formula is C25H26N2O2S. The van der Waals surface area contributed by atoms with Gasteiger partial charge in [0.25, 0.3) is 0 Å². The van der Waals surface area contributed by atoms with Gasteiger partial charge in [0.2, 0.25) is 5.85 Å². The van der Waals surface area contributed by atoms with Gasteiger partial charge in [0.15, 0.2) is 0 Å².